The van der Waals surface area contributed by atoms with Gasteiger partial charge in [0.25, 0.3) is 0 Å². The van der Waals surface area contributed by atoms with Crippen molar-refractivity contribution in [2.24, 2.45) is 0 Å². The Kier molecular flexibility index (Phi) is 3.33. The number of ether oxygens (including phenoxy) is 1. The molecule has 100 valence electrons. The molecule has 1 aromatic heterocycles. The molecule has 0 aliphatic carbocycles. The molecule has 2 unspecified atom stereocenters. The van der Waals surface area contributed by atoms with Crippen molar-refractivity contribution in [3.8, 4) is 0 Å². The van der Waals surface area contributed by atoms with Crippen LogP contribution in [0.5, 0.6) is 0 Å². The minimum absolute atomic E-state index is 0.141. The van der Waals surface area contributed by atoms with Gasteiger partial charge in [0.05, 0.1) is 23.9 Å². The molecule has 1 saturated heterocycles. The monoisotopic (exact) mass is 261 g/mol. The molecule has 2 heterocycles. The second-order valence-electron chi connectivity index (χ2n) is 4.59. The van der Waals surface area contributed by atoms with Crippen LogP contribution in [0.3, 0.4) is 0 Å². The smallest absolute Gasteiger partial charge is 0.385 e. The van der Waals surface area contributed by atoms with Crippen molar-refractivity contribution in [1.82, 2.24) is 4.98 Å². The van der Waals surface area contributed by atoms with Crippen LogP contribution >= 0.6 is 0 Å². The molecule has 0 amide bonds. The number of nitrogens with zero attached hydrogens (tertiary/aromatic N) is 1. The maximum atomic E-state index is 12.9. The van der Waals surface area contributed by atoms with E-state index in [0.717, 1.165) is 18.5 Å². The van der Waals surface area contributed by atoms with Crippen molar-refractivity contribution in [2.75, 3.05) is 6.61 Å². The molecule has 2 atom stereocenters. The Morgan fingerprint density at radius 2 is 2.22 bits per heavy atom. The maximum Gasteiger partial charge on any atom is 0.416 e. The number of hydrogen-bond donors (Lipinski definition) is 1. The third kappa shape index (κ3) is 2.49. The molecule has 1 fully saturated rings. The van der Waals surface area contributed by atoms with Gasteiger partial charge in [-0.05, 0) is 13.0 Å². The van der Waals surface area contributed by atoms with Gasteiger partial charge in [0.15, 0.2) is 0 Å². The van der Waals surface area contributed by atoms with Crippen LogP contribution in [-0.4, -0.2) is 22.8 Å². The lowest BCUT2D eigenvalue weighted by Gasteiger charge is -2.37. The molecule has 0 spiro atoms. The topological polar surface area (TPSA) is 42.4 Å². The molecule has 0 aromatic carbocycles. The highest BCUT2D eigenvalue weighted by Crippen LogP contribution is 2.41. The largest absolute Gasteiger partial charge is 0.416 e. The van der Waals surface area contributed by atoms with Crippen LogP contribution in [0.25, 0.3) is 0 Å². The van der Waals surface area contributed by atoms with E-state index in [0.29, 0.717) is 0 Å². The van der Waals surface area contributed by atoms with Gasteiger partial charge in [-0.25, -0.2) is 0 Å². The lowest BCUT2D eigenvalue weighted by Crippen LogP contribution is -2.39. The third-order valence-electron chi connectivity index (χ3n) is 3.17. The second-order valence-corrected chi connectivity index (χ2v) is 4.59. The minimum Gasteiger partial charge on any atom is -0.385 e. The molecule has 18 heavy (non-hydrogen) atoms. The summed E-state index contributed by atoms with van der Waals surface area (Å²) in [4.78, 5) is 3.70. The molecule has 2 rings (SSSR count). The summed E-state index contributed by atoms with van der Waals surface area (Å²) in [6.07, 6.45) is -2.30. The zero-order valence-electron chi connectivity index (χ0n) is 9.87. The van der Waals surface area contributed by atoms with E-state index in [9.17, 15) is 18.3 Å². The number of hydrogen-bond acceptors (Lipinski definition) is 3. The Bertz CT molecular complexity index is 436. The Morgan fingerprint density at radius 1 is 1.50 bits per heavy atom. The summed E-state index contributed by atoms with van der Waals surface area (Å²) in [5.41, 5.74) is -2.50. The molecule has 0 bridgehead atoms. The minimum atomic E-state index is -4.49. The number of halogens is 3. The molecule has 0 saturated carbocycles. The summed E-state index contributed by atoms with van der Waals surface area (Å²) in [5, 5.41) is 10.4. The van der Waals surface area contributed by atoms with E-state index in [2.05, 4.69) is 4.98 Å². The van der Waals surface area contributed by atoms with Crippen molar-refractivity contribution in [3.63, 3.8) is 0 Å². The Balaban J connectivity index is 2.44. The van der Waals surface area contributed by atoms with Gasteiger partial charge in [-0.2, -0.15) is 13.2 Å². The van der Waals surface area contributed by atoms with Crippen LogP contribution in [0.4, 0.5) is 13.2 Å². The fourth-order valence-electron chi connectivity index (χ4n) is 2.32. The van der Waals surface area contributed by atoms with Gasteiger partial charge in [0.2, 0.25) is 0 Å². The molecular formula is C12H14F3NO2. The highest BCUT2D eigenvalue weighted by atomic mass is 19.4. The van der Waals surface area contributed by atoms with E-state index >= 15 is 0 Å². The summed E-state index contributed by atoms with van der Waals surface area (Å²) in [7, 11) is 0. The van der Waals surface area contributed by atoms with Gasteiger partial charge in [0, 0.05) is 30.8 Å². The van der Waals surface area contributed by atoms with Gasteiger partial charge in [-0.1, -0.05) is 0 Å². The number of aromatic nitrogens is 1. The summed E-state index contributed by atoms with van der Waals surface area (Å²) in [5.74, 6) is 0. The third-order valence-corrected chi connectivity index (χ3v) is 3.17. The highest BCUT2D eigenvalue weighted by molar-refractivity contribution is 5.32. The molecule has 3 nitrogen and oxygen atoms in total. The van der Waals surface area contributed by atoms with Crippen molar-refractivity contribution in [1.29, 1.82) is 0 Å². The molecule has 6 heteroatoms. The number of pyridine rings is 1. The first-order valence-corrected chi connectivity index (χ1v) is 5.68. The summed E-state index contributed by atoms with van der Waals surface area (Å²) >= 11 is 0. The van der Waals surface area contributed by atoms with Crippen molar-refractivity contribution in [3.05, 3.63) is 29.6 Å². The first kappa shape index (κ1) is 13.3. The van der Waals surface area contributed by atoms with Crippen molar-refractivity contribution >= 4 is 0 Å². The van der Waals surface area contributed by atoms with E-state index < -0.39 is 17.3 Å². The molecule has 0 radical (unpaired) electrons. The van der Waals surface area contributed by atoms with Crippen LogP contribution in [0, 0.1) is 0 Å². The number of rotatable bonds is 1. The first-order chi connectivity index (χ1) is 8.33. The van der Waals surface area contributed by atoms with Gasteiger partial charge >= 0.3 is 6.18 Å². The van der Waals surface area contributed by atoms with Crippen LogP contribution < -0.4 is 0 Å². The summed E-state index contributed by atoms with van der Waals surface area (Å²) in [6.45, 7) is 1.97. The normalized spacial score (nSPS) is 29.3. The maximum absolute atomic E-state index is 12.9. The zero-order valence-corrected chi connectivity index (χ0v) is 9.87. The summed E-state index contributed by atoms with van der Waals surface area (Å²) in [6, 6.07) is 0.896. The van der Waals surface area contributed by atoms with Crippen LogP contribution in [0.1, 0.15) is 30.9 Å². The Labute approximate surface area is 103 Å². The Hall–Kier alpha value is -1.14. The molecule has 1 aliphatic heterocycles. The lowest BCUT2D eigenvalue weighted by molar-refractivity contribution is -0.146. The zero-order chi connectivity index (χ0) is 13.4. The summed E-state index contributed by atoms with van der Waals surface area (Å²) < 4.78 is 44.0. The molecule has 1 aromatic rings. The predicted octanol–water partition coefficient (Wildman–Crippen LogP) is 2.49. The van der Waals surface area contributed by atoms with E-state index in [-0.39, 0.29) is 31.1 Å². The quantitative estimate of drug-likeness (QED) is 0.844. The van der Waals surface area contributed by atoms with Crippen LogP contribution in [0.2, 0.25) is 0 Å². The van der Waals surface area contributed by atoms with E-state index in [1.807, 2.05) is 0 Å². The fourth-order valence-corrected chi connectivity index (χ4v) is 2.32. The lowest BCUT2D eigenvalue weighted by atomic mass is 9.82. The first-order valence-electron chi connectivity index (χ1n) is 5.68. The van der Waals surface area contributed by atoms with Gasteiger partial charge in [-0.15, -0.1) is 0 Å². The van der Waals surface area contributed by atoms with E-state index in [4.69, 9.17) is 4.74 Å². The highest BCUT2D eigenvalue weighted by Gasteiger charge is 2.43. The fraction of sp³-hybridized carbons (Fsp3) is 0.583. The molecule has 1 N–H and O–H groups in total. The molecule has 1 aliphatic rings. The average molecular weight is 261 g/mol. The SMILES string of the molecule is CC1CC(O)(c2cnccc2C(F)(F)F)CCO1. The number of aliphatic hydroxyl groups is 1. The Morgan fingerprint density at radius 3 is 2.83 bits per heavy atom. The number of alkyl halides is 3. The van der Waals surface area contributed by atoms with Crippen LogP contribution in [-0.2, 0) is 16.5 Å². The standard InChI is InChI=1S/C12H14F3NO2/c1-8-6-11(17,3-5-18-8)10-7-16-4-2-9(10)12(13,14)15/h2,4,7-8,17H,3,5-6H2,1H3. The van der Waals surface area contributed by atoms with Crippen molar-refractivity contribution in [2.45, 2.75) is 37.6 Å². The predicted molar refractivity (Wildman–Crippen MR) is 57.8 cm³/mol. The van der Waals surface area contributed by atoms with Gasteiger partial charge < -0.3 is 9.84 Å². The van der Waals surface area contributed by atoms with Crippen LogP contribution in [0.15, 0.2) is 18.5 Å². The van der Waals surface area contributed by atoms with Gasteiger partial charge in [0.1, 0.15) is 0 Å². The van der Waals surface area contributed by atoms with E-state index in [1.165, 1.54) is 0 Å². The average Bonchev–Trinajstić information content (AvgIpc) is 2.27. The van der Waals surface area contributed by atoms with E-state index in [1.54, 1.807) is 6.92 Å². The van der Waals surface area contributed by atoms with Gasteiger partial charge in [-0.3, -0.25) is 4.98 Å². The van der Waals surface area contributed by atoms with Crippen molar-refractivity contribution < 1.29 is 23.0 Å². The molecular weight excluding hydrogens is 247 g/mol. The second kappa shape index (κ2) is 4.51.